The maximum absolute atomic E-state index is 13.7. The number of carbonyl (C=O) groups excluding carboxylic acids is 2. The molecule has 0 aliphatic carbocycles. The molecular formula is C26H31N3O4. The number of primary amides is 1. The second kappa shape index (κ2) is 9.10. The summed E-state index contributed by atoms with van der Waals surface area (Å²) in [5.41, 5.74) is 6.27. The topological polar surface area (TPSA) is 94.6 Å². The van der Waals surface area contributed by atoms with Gasteiger partial charge in [0.05, 0.1) is 0 Å². The molecule has 0 unspecified atom stereocenters. The fourth-order valence-electron chi connectivity index (χ4n) is 3.78. The Labute approximate surface area is 193 Å². The molecule has 0 fully saturated rings. The SMILES string of the molecule is CC(C)Cn1c(N(C)C(=O)OC(C)(C)C)c(-c2ccccc2)c2ccc(C(N)=O)cc2c1=O. The molecule has 0 radical (unpaired) electrons. The van der Waals surface area contributed by atoms with Crippen LogP contribution in [0.3, 0.4) is 0 Å². The van der Waals surface area contributed by atoms with Crippen molar-refractivity contribution < 1.29 is 14.3 Å². The van der Waals surface area contributed by atoms with Gasteiger partial charge in [-0.25, -0.2) is 4.79 Å². The molecule has 1 aromatic heterocycles. The normalized spacial score (nSPS) is 11.6. The Morgan fingerprint density at radius 1 is 1.06 bits per heavy atom. The lowest BCUT2D eigenvalue weighted by Gasteiger charge is -2.29. The molecule has 2 amide bonds. The highest BCUT2D eigenvalue weighted by Gasteiger charge is 2.28. The van der Waals surface area contributed by atoms with Crippen LogP contribution >= 0.6 is 0 Å². The van der Waals surface area contributed by atoms with Crippen LogP contribution in [0.4, 0.5) is 10.6 Å². The molecule has 0 aliphatic heterocycles. The highest BCUT2D eigenvalue weighted by molar-refractivity contribution is 6.07. The number of anilines is 1. The van der Waals surface area contributed by atoms with Gasteiger partial charge in [0.2, 0.25) is 5.91 Å². The predicted octanol–water partition coefficient (Wildman–Crippen LogP) is 4.79. The van der Waals surface area contributed by atoms with Crippen LogP contribution in [0.5, 0.6) is 0 Å². The van der Waals surface area contributed by atoms with E-state index in [9.17, 15) is 14.4 Å². The van der Waals surface area contributed by atoms with Crippen molar-refractivity contribution in [3.63, 3.8) is 0 Å². The van der Waals surface area contributed by atoms with Crippen molar-refractivity contribution in [2.24, 2.45) is 11.7 Å². The zero-order valence-electron chi connectivity index (χ0n) is 20.0. The van der Waals surface area contributed by atoms with E-state index >= 15 is 0 Å². The summed E-state index contributed by atoms with van der Waals surface area (Å²) < 4.78 is 7.21. The quantitative estimate of drug-likeness (QED) is 0.606. The Morgan fingerprint density at radius 2 is 1.70 bits per heavy atom. The van der Waals surface area contributed by atoms with Crippen LogP contribution in [-0.4, -0.2) is 29.2 Å². The van der Waals surface area contributed by atoms with Gasteiger partial charge in [-0.3, -0.25) is 19.1 Å². The number of nitrogens with two attached hydrogens (primary N) is 1. The third-order valence-corrected chi connectivity index (χ3v) is 5.12. The Balaban J connectivity index is 2.46. The first-order valence-corrected chi connectivity index (χ1v) is 10.9. The summed E-state index contributed by atoms with van der Waals surface area (Å²) in [7, 11) is 1.61. The number of hydrogen-bond donors (Lipinski definition) is 1. The maximum atomic E-state index is 13.7. The van der Waals surface area contributed by atoms with Gasteiger partial charge in [-0.2, -0.15) is 0 Å². The van der Waals surface area contributed by atoms with E-state index in [1.165, 1.54) is 11.0 Å². The summed E-state index contributed by atoms with van der Waals surface area (Å²) in [5, 5.41) is 0.994. The van der Waals surface area contributed by atoms with E-state index in [4.69, 9.17) is 10.5 Å². The zero-order chi connectivity index (χ0) is 24.5. The highest BCUT2D eigenvalue weighted by atomic mass is 16.6. The number of rotatable bonds is 5. The van der Waals surface area contributed by atoms with E-state index in [1.54, 1.807) is 44.5 Å². The molecule has 7 heteroatoms. The first-order chi connectivity index (χ1) is 15.4. The van der Waals surface area contributed by atoms with E-state index < -0.39 is 17.6 Å². The van der Waals surface area contributed by atoms with Gasteiger partial charge in [-0.15, -0.1) is 0 Å². The Morgan fingerprint density at radius 3 is 2.24 bits per heavy atom. The van der Waals surface area contributed by atoms with Gasteiger partial charge < -0.3 is 10.5 Å². The minimum absolute atomic E-state index is 0.119. The number of aromatic nitrogens is 1. The summed E-state index contributed by atoms with van der Waals surface area (Å²) in [6.45, 7) is 9.75. The number of fused-ring (bicyclic) bond motifs is 1. The van der Waals surface area contributed by atoms with Gasteiger partial charge in [0, 0.05) is 30.1 Å². The van der Waals surface area contributed by atoms with Gasteiger partial charge in [0.1, 0.15) is 11.4 Å². The molecule has 174 valence electrons. The number of nitrogens with zero attached hydrogens (tertiary/aromatic N) is 2. The fraction of sp³-hybridized carbons (Fsp3) is 0.346. The lowest BCUT2D eigenvalue weighted by molar-refractivity contribution is 0.0587. The molecular weight excluding hydrogens is 418 g/mol. The predicted molar refractivity (Wildman–Crippen MR) is 132 cm³/mol. The lowest BCUT2D eigenvalue weighted by atomic mass is 9.97. The molecule has 0 atom stereocenters. The monoisotopic (exact) mass is 449 g/mol. The second-order valence-corrected chi connectivity index (χ2v) is 9.54. The molecule has 0 bridgehead atoms. The largest absolute Gasteiger partial charge is 0.443 e. The molecule has 7 nitrogen and oxygen atoms in total. The number of amides is 2. The molecule has 1 heterocycles. The van der Waals surface area contributed by atoms with Gasteiger partial charge >= 0.3 is 6.09 Å². The zero-order valence-corrected chi connectivity index (χ0v) is 20.0. The van der Waals surface area contributed by atoms with E-state index in [2.05, 4.69) is 0 Å². The van der Waals surface area contributed by atoms with Crippen LogP contribution in [0.2, 0.25) is 0 Å². The average molecular weight is 450 g/mol. The van der Waals surface area contributed by atoms with E-state index in [-0.39, 0.29) is 17.0 Å². The van der Waals surface area contributed by atoms with Crippen molar-refractivity contribution in [3.8, 4) is 11.1 Å². The molecule has 3 aromatic rings. The van der Waals surface area contributed by atoms with E-state index in [1.807, 2.05) is 44.2 Å². The molecule has 33 heavy (non-hydrogen) atoms. The summed E-state index contributed by atoms with van der Waals surface area (Å²) in [6, 6.07) is 14.4. The average Bonchev–Trinajstić information content (AvgIpc) is 2.73. The van der Waals surface area contributed by atoms with Crippen LogP contribution in [0.25, 0.3) is 21.9 Å². The molecule has 2 N–H and O–H groups in total. The number of ether oxygens (including phenoxy) is 1. The standard InChI is InChI=1S/C26H31N3O4/c1-16(2)15-29-23(28(6)25(32)33-26(3,4)5)21(17-10-8-7-9-11-17)19-13-12-18(22(27)30)14-20(19)24(29)31/h7-14,16H,15H2,1-6H3,(H2,27,30). The lowest BCUT2D eigenvalue weighted by Crippen LogP contribution is -2.38. The van der Waals surface area contributed by atoms with Crippen LogP contribution in [-0.2, 0) is 11.3 Å². The van der Waals surface area contributed by atoms with Crippen LogP contribution in [0, 0.1) is 5.92 Å². The van der Waals surface area contributed by atoms with Gasteiger partial charge in [0.15, 0.2) is 0 Å². The number of hydrogen-bond acceptors (Lipinski definition) is 4. The third-order valence-electron chi connectivity index (χ3n) is 5.12. The molecule has 0 saturated heterocycles. The molecule has 2 aromatic carbocycles. The molecule has 0 aliphatic rings. The summed E-state index contributed by atoms with van der Waals surface area (Å²) in [6.07, 6.45) is -0.565. The molecule has 0 spiro atoms. The summed E-state index contributed by atoms with van der Waals surface area (Å²) >= 11 is 0. The number of pyridine rings is 1. The Bertz CT molecular complexity index is 1250. The second-order valence-electron chi connectivity index (χ2n) is 9.54. The van der Waals surface area contributed by atoms with Crippen molar-refractivity contribution in [1.82, 2.24) is 4.57 Å². The molecule has 0 saturated carbocycles. The van der Waals surface area contributed by atoms with Gasteiger partial charge in [0.25, 0.3) is 5.56 Å². The van der Waals surface area contributed by atoms with Crippen molar-refractivity contribution in [2.45, 2.75) is 46.8 Å². The maximum Gasteiger partial charge on any atom is 0.415 e. The number of carbonyl (C=O) groups is 2. The molecule has 3 rings (SSSR count). The third kappa shape index (κ3) is 5.08. The minimum atomic E-state index is -0.700. The van der Waals surface area contributed by atoms with Crippen LogP contribution in [0.15, 0.2) is 53.3 Å². The fourth-order valence-corrected chi connectivity index (χ4v) is 3.78. The van der Waals surface area contributed by atoms with Crippen molar-refractivity contribution in [3.05, 3.63) is 64.4 Å². The number of benzene rings is 2. The van der Waals surface area contributed by atoms with E-state index in [0.717, 1.165) is 5.56 Å². The highest BCUT2D eigenvalue weighted by Crippen LogP contribution is 2.37. The smallest absolute Gasteiger partial charge is 0.415 e. The van der Waals surface area contributed by atoms with Crippen molar-refractivity contribution in [1.29, 1.82) is 0 Å². The Hall–Kier alpha value is -3.61. The van der Waals surface area contributed by atoms with Crippen LogP contribution < -0.4 is 16.2 Å². The van der Waals surface area contributed by atoms with Gasteiger partial charge in [-0.05, 0) is 49.8 Å². The first-order valence-electron chi connectivity index (χ1n) is 10.9. The Kier molecular flexibility index (Phi) is 6.63. The summed E-state index contributed by atoms with van der Waals surface area (Å²) in [4.78, 5) is 40.0. The van der Waals surface area contributed by atoms with Crippen LogP contribution in [0.1, 0.15) is 45.0 Å². The van der Waals surface area contributed by atoms with Crippen molar-refractivity contribution in [2.75, 3.05) is 11.9 Å². The van der Waals surface area contributed by atoms with E-state index in [0.29, 0.717) is 28.7 Å². The summed E-state index contributed by atoms with van der Waals surface area (Å²) in [5.74, 6) is -0.0507. The first kappa shape index (κ1) is 24.0. The van der Waals surface area contributed by atoms with Crippen molar-refractivity contribution >= 4 is 28.6 Å². The van der Waals surface area contributed by atoms with Gasteiger partial charge in [-0.1, -0.05) is 50.2 Å². The minimum Gasteiger partial charge on any atom is -0.443 e.